The largest absolute Gasteiger partial charge is 0.489 e. The first kappa shape index (κ1) is 28.3. The van der Waals surface area contributed by atoms with E-state index in [4.69, 9.17) is 20.3 Å². The van der Waals surface area contributed by atoms with E-state index in [9.17, 15) is 9.18 Å². The molecule has 1 aliphatic rings. The lowest BCUT2D eigenvalue weighted by Crippen LogP contribution is -2.28. The summed E-state index contributed by atoms with van der Waals surface area (Å²) in [6.45, 7) is 2.87. The molecule has 1 atom stereocenters. The Kier molecular flexibility index (Phi) is 8.01. The average molecular weight is 690 g/mol. The number of ether oxygens (including phenoxy) is 2. The van der Waals surface area contributed by atoms with Crippen LogP contribution in [0, 0.1) is 21.5 Å². The molecule has 0 spiro atoms. The Morgan fingerprint density at radius 3 is 2.63 bits per heavy atom. The number of halogens is 2. The summed E-state index contributed by atoms with van der Waals surface area (Å²) < 4.78 is 28.5. The fraction of sp³-hybridized carbons (Fsp3) is 0.200. The van der Waals surface area contributed by atoms with Gasteiger partial charge in [-0.2, -0.15) is 5.10 Å². The molecule has 216 valence electrons. The van der Waals surface area contributed by atoms with Gasteiger partial charge < -0.3 is 20.1 Å². The zero-order valence-electron chi connectivity index (χ0n) is 22.9. The molecule has 11 nitrogen and oxygen atoms in total. The molecule has 1 saturated heterocycles. The van der Waals surface area contributed by atoms with Crippen molar-refractivity contribution in [2.24, 2.45) is 0 Å². The van der Waals surface area contributed by atoms with Gasteiger partial charge in [-0.25, -0.2) is 29.0 Å². The van der Waals surface area contributed by atoms with Crippen LogP contribution in [0.3, 0.4) is 0 Å². The maximum absolute atomic E-state index is 14.4. The van der Waals surface area contributed by atoms with Gasteiger partial charge >= 0.3 is 0 Å². The maximum Gasteiger partial charge on any atom is 0.298 e. The summed E-state index contributed by atoms with van der Waals surface area (Å²) in [5, 5.41) is 5.50. The topological polar surface area (TPSA) is 134 Å². The molecule has 13 heteroatoms. The molecule has 5 aromatic rings. The molecular formula is C30H24FIN8O3. The number of hydrogen-bond donors (Lipinski definition) is 1. The summed E-state index contributed by atoms with van der Waals surface area (Å²) in [5.74, 6) is 5.94. The smallest absolute Gasteiger partial charge is 0.298 e. The van der Waals surface area contributed by atoms with Crippen LogP contribution in [0.5, 0.6) is 17.2 Å². The van der Waals surface area contributed by atoms with Gasteiger partial charge in [-0.15, -0.1) is 0 Å². The monoisotopic (exact) mass is 690 g/mol. The molecule has 3 aromatic heterocycles. The van der Waals surface area contributed by atoms with Gasteiger partial charge in [0.2, 0.25) is 0 Å². The Morgan fingerprint density at radius 1 is 1.09 bits per heavy atom. The van der Waals surface area contributed by atoms with Gasteiger partial charge in [0.1, 0.15) is 47.5 Å². The molecule has 0 saturated carbocycles. The number of fused-ring (bicyclic) bond motifs is 1. The number of nitrogens with zero attached hydrogens (tertiary/aromatic N) is 7. The van der Waals surface area contributed by atoms with Gasteiger partial charge in [0.05, 0.1) is 11.4 Å². The van der Waals surface area contributed by atoms with Crippen molar-refractivity contribution in [3.05, 3.63) is 76.4 Å². The fourth-order valence-corrected chi connectivity index (χ4v) is 5.12. The predicted octanol–water partition coefficient (Wildman–Crippen LogP) is 4.78. The van der Waals surface area contributed by atoms with Crippen molar-refractivity contribution in [3.8, 4) is 40.3 Å². The van der Waals surface area contributed by atoms with E-state index in [1.54, 1.807) is 42.4 Å². The molecular weight excluding hydrogens is 666 g/mol. The second-order valence-corrected chi connectivity index (χ2v) is 10.7. The predicted molar refractivity (Wildman–Crippen MR) is 164 cm³/mol. The molecule has 0 bridgehead atoms. The number of carbonyl (C=O) groups is 1. The van der Waals surface area contributed by atoms with Crippen molar-refractivity contribution in [2.45, 2.75) is 26.0 Å². The van der Waals surface area contributed by atoms with Gasteiger partial charge in [0, 0.05) is 77.4 Å². The van der Waals surface area contributed by atoms with Crippen molar-refractivity contribution >= 4 is 45.3 Å². The quantitative estimate of drug-likeness (QED) is 0.146. The molecule has 0 unspecified atom stereocenters. The van der Waals surface area contributed by atoms with Gasteiger partial charge in [0.25, 0.3) is 5.91 Å². The highest BCUT2D eigenvalue weighted by atomic mass is 127. The van der Waals surface area contributed by atoms with Crippen LogP contribution in [-0.2, 0) is 11.4 Å². The number of likely N-dealkylation sites (tertiary alicyclic amines) is 1. The molecule has 2 N–H and O–H groups in total. The Labute approximate surface area is 259 Å². The average Bonchev–Trinajstić information content (AvgIpc) is 3.64. The lowest BCUT2D eigenvalue weighted by Gasteiger charge is -2.14. The summed E-state index contributed by atoms with van der Waals surface area (Å²) in [6.07, 6.45) is 5.43. The second kappa shape index (κ2) is 12.2. The molecule has 1 aliphatic heterocycles. The van der Waals surface area contributed by atoms with E-state index < -0.39 is 5.82 Å². The lowest BCUT2D eigenvalue weighted by atomic mass is 10.1. The van der Waals surface area contributed by atoms with Crippen LogP contribution >= 0.6 is 22.6 Å². The number of rotatable bonds is 7. The number of amides is 1. The standard InChI is InChI=1S/C30H24FIN8O3/c1-2-3-25(41)39-9-8-21(15-39)40-29-26(28(33)36-17-37-29)27(38-40)19-4-6-22(7-5-19)43-24-11-20(31)10-23(12-24)42-16-18-13-34-30(32)35-14-18/h4-7,10-14,17,21H,8-9,15-16H2,1H3,(H2,33,36,37)/t21-/m1/s1. The number of nitrogens with two attached hydrogens (primary N) is 1. The zero-order valence-corrected chi connectivity index (χ0v) is 25.0. The van der Waals surface area contributed by atoms with Gasteiger partial charge in [0.15, 0.2) is 9.48 Å². The van der Waals surface area contributed by atoms with Crippen molar-refractivity contribution in [1.82, 2.24) is 34.6 Å². The van der Waals surface area contributed by atoms with Crippen LogP contribution in [-0.4, -0.2) is 53.6 Å². The van der Waals surface area contributed by atoms with Crippen molar-refractivity contribution < 1.29 is 18.7 Å². The Balaban J connectivity index is 1.22. The van der Waals surface area contributed by atoms with Crippen molar-refractivity contribution in [3.63, 3.8) is 0 Å². The Hall–Kier alpha value is -4.84. The maximum atomic E-state index is 14.4. The molecule has 4 heterocycles. The van der Waals surface area contributed by atoms with Crippen LogP contribution in [0.15, 0.2) is 61.2 Å². The minimum atomic E-state index is -0.496. The van der Waals surface area contributed by atoms with Crippen LogP contribution in [0.25, 0.3) is 22.3 Å². The molecule has 0 aliphatic carbocycles. The van der Waals surface area contributed by atoms with E-state index in [0.717, 1.165) is 11.1 Å². The third-order valence-corrected chi connectivity index (χ3v) is 7.39. The highest BCUT2D eigenvalue weighted by molar-refractivity contribution is 14.1. The van der Waals surface area contributed by atoms with E-state index in [2.05, 4.69) is 31.8 Å². The number of hydrogen-bond acceptors (Lipinski definition) is 9. The van der Waals surface area contributed by atoms with Gasteiger partial charge in [-0.05, 0) is 43.5 Å². The van der Waals surface area contributed by atoms with Crippen molar-refractivity contribution in [2.75, 3.05) is 18.8 Å². The van der Waals surface area contributed by atoms with Gasteiger partial charge in [-0.3, -0.25) is 4.79 Å². The first-order valence-corrected chi connectivity index (χ1v) is 14.3. The number of anilines is 1. The normalized spacial score (nSPS) is 14.4. The third-order valence-electron chi connectivity index (χ3n) is 6.83. The second-order valence-electron chi connectivity index (χ2n) is 9.72. The van der Waals surface area contributed by atoms with E-state index in [1.165, 1.54) is 18.5 Å². The fourth-order valence-electron chi connectivity index (χ4n) is 4.84. The summed E-state index contributed by atoms with van der Waals surface area (Å²) in [7, 11) is 0. The SMILES string of the molecule is CC#CC(=O)N1CC[C@@H](n2nc(-c3ccc(Oc4cc(F)cc(OCc5cnc(I)nc5)c4)cc3)c3c(N)ncnc32)C1. The summed E-state index contributed by atoms with van der Waals surface area (Å²) >= 11 is 2.02. The highest BCUT2D eigenvalue weighted by Gasteiger charge is 2.30. The number of nitrogen functional groups attached to an aromatic ring is 1. The van der Waals surface area contributed by atoms with Crippen molar-refractivity contribution in [1.29, 1.82) is 0 Å². The van der Waals surface area contributed by atoms with Gasteiger partial charge in [-0.1, -0.05) is 5.92 Å². The first-order chi connectivity index (χ1) is 20.9. The molecule has 1 amide bonds. The highest BCUT2D eigenvalue weighted by Crippen LogP contribution is 2.35. The minimum absolute atomic E-state index is 0.0849. The molecule has 6 rings (SSSR count). The van der Waals surface area contributed by atoms with Crippen LogP contribution in [0.1, 0.15) is 24.9 Å². The minimum Gasteiger partial charge on any atom is -0.489 e. The molecule has 2 aromatic carbocycles. The number of carbonyl (C=O) groups excluding carboxylic acids is 1. The van der Waals surface area contributed by atoms with Crippen LogP contribution < -0.4 is 15.2 Å². The van der Waals surface area contributed by atoms with E-state index >= 15 is 0 Å². The molecule has 43 heavy (non-hydrogen) atoms. The van der Waals surface area contributed by atoms with E-state index in [0.29, 0.717) is 57.4 Å². The number of benzene rings is 2. The van der Waals surface area contributed by atoms with E-state index in [-0.39, 0.29) is 24.3 Å². The zero-order chi connectivity index (χ0) is 29.9. The Bertz CT molecular complexity index is 1870. The third kappa shape index (κ3) is 6.19. The van der Waals surface area contributed by atoms with Crippen LogP contribution in [0.4, 0.5) is 10.2 Å². The summed E-state index contributed by atoms with van der Waals surface area (Å²) in [4.78, 5) is 30.9. The summed E-state index contributed by atoms with van der Waals surface area (Å²) in [6, 6.07) is 11.3. The lowest BCUT2D eigenvalue weighted by molar-refractivity contribution is -0.124. The number of aromatic nitrogens is 6. The summed E-state index contributed by atoms with van der Waals surface area (Å²) in [5.41, 5.74) is 9.01. The molecule has 0 radical (unpaired) electrons. The molecule has 1 fully saturated rings. The first-order valence-electron chi connectivity index (χ1n) is 13.3. The Morgan fingerprint density at radius 2 is 1.86 bits per heavy atom. The van der Waals surface area contributed by atoms with Crippen LogP contribution in [0.2, 0.25) is 0 Å². The van der Waals surface area contributed by atoms with E-state index in [1.807, 2.05) is 39.4 Å².